The molecule has 0 saturated heterocycles. The van der Waals surface area contributed by atoms with Crippen LogP contribution in [-0.4, -0.2) is 26.4 Å². The quantitative estimate of drug-likeness (QED) is 0.791. The zero-order valence-electron chi connectivity index (χ0n) is 13.5. The molecule has 6 heteroatoms. The van der Waals surface area contributed by atoms with E-state index >= 15 is 0 Å². The van der Waals surface area contributed by atoms with Gasteiger partial charge in [-0.25, -0.2) is 4.98 Å². The molecule has 0 aliphatic rings. The molecule has 1 N–H and O–H groups in total. The molecule has 0 amide bonds. The van der Waals surface area contributed by atoms with E-state index < -0.39 is 0 Å². The number of nitrogens with zero attached hydrogens (tertiary/aromatic N) is 3. The van der Waals surface area contributed by atoms with Crippen LogP contribution >= 0.6 is 11.6 Å². The summed E-state index contributed by atoms with van der Waals surface area (Å²) in [4.78, 5) is 18.8. The Balaban J connectivity index is 1.87. The maximum absolute atomic E-state index is 12.3. The summed E-state index contributed by atoms with van der Waals surface area (Å²) in [6.07, 6.45) is 0. The first kappa shape index (κ1) is 16.5. The van der Waals surface area contributed by atoms with Gasteiger partial charge < -0.3 is 5.11 Å². The highest BCUT2D eigenvalue weighted by molar-refractivity contribution is 6.30. The topological polar surface area (TPSA) is 57.8 Å². The Bertz CT molecular complexity index is 953. The Kier molecular flexibility index (Phi) is 4.55. The molecule has 0 aliphatic heterocycles. The number of rotatable bonds is 4. The lowest BCUT2D eigenvalue weighted by Crippen LogP contribution is -2.22. The second kappa shape index (κ2) is 6.63. The molecule has 3 aromatic rings. The van der Waals surface area contributed by atoms with E-state index in [0.29, 0.717) is 23.8 Å². The third-order valence-corrected chi connectivity index (χ3v) is 4.04. The van der Waals surface area contributed by atoms with Crippen LogP contribution in [0.15, 0.2) is 47.3 Å². The van der Waals surface area contributed by atoms with Crippen molar-refractivity contribution in [1.29, 1.82) is 0 Å². The van der Waals surface area contributed by atoms with Gasteiger partial charge in [-0.1, -0.05) is 23.7 Å². The predicted octanol–water partition coefficient (Wildman–Crippen LogP) is 2.99. The molecule has 24 heavy (non-hydrogen) atoms. The van der Waals surface area contributed by atoms with Gasteiger partial charge in [0, 0.05) is 29.9 Å². The van der Waals surface area contributed by atoms with E-state index in [-0.39, 0.29) is 17.0 Å². The van der Waals surface area contributed by atoms with Crippen molar-refractivity contribution >= 4 is 17.2 Å². The van der Waals surface area contributed by atoms with Gasteiger partial charge >= 0.3 is 0 Å². The molecule has 0 aliphatic carbocycles. The van der Waals surface area contributed by atoms with E-state index in [2.05, 4.69) is 4.98 Å². The molecule has 124 valence electrons. The van der Waals surface area contributed by atoms with Crippen LogP contribution in [0.5, 0.6) is 5.75 Å². The number of pyridine rings is 1. The monoisotopic (exact) mass is 343 g/mol. The maximum atomic E-state index is 12.3. The minimum Gasteiger partial charge on any atom is -0.504 e. The van der Waals surface area contributed by atoms with Crippen LogP contribution in [0.3, 0.4) is 0 Å². The number of halogens is 1. The zero-order valence-corrected chi connectivity index (χ0v) is 14.3. The third-order valence-electron chi connectivity index (χ3n) is 3.81. The highest BCUT2D eigenvalue weighted by Gasteiger charge is 2.10. The summed E-state index contributed by atoms with van der Waals surface area (Å²) in [7, 11) is 1.94. The van der Waals surface area contributed by atoms with Crippen LogP contribution < -0.4 is 5.56 Å². The molecule has 2 heterocycles. The number of aromatic nitrogens is 2. The second-order valence-electron chi connectivity index (χ2n) is 5.91. The van der Waals surface area contributed by atoms with E-state index in [1.807, 2.05) is 36.2 Å². The minimum absolute atomic E-state index is 0.00274. The van der Waals surface area contributed by atoms with Crippen LogP contribution in [0.2, 0.25) is 5.02 Å². The van der Waals surface area contributed by atoms with E-state index in [1.165, 1.54) is 10.5 Å². The van der Waals surface area contributed by atoms with Crippen molar-refractivity contribution in [3.05, 3.63) is 74.8 Å². The third kappa shape index (κ3) is 3.42. The van der Waals surface area contributed by atoms with Crippen molar-refractivity contribution in [2.24, 2.45) is 0 Å². The van der Waals surface area contributed by atoms with Gasteiger partial charge in [-0.2, -0.15) is 0 Å². The molecule has 0 saturated carbocycles. The van der Waals surface area contributed by atoms with Gasteiger partial charge in [0.15, 0.2) is 11.4 Å². The van der Waals surface area contributed by atoms with Crippen molar-refractivity contribution in [3.63, 3.8) is 0 Å². The maximum Gasteiger partial charge on any atom is 0.258 e. The van der Waals surface area contributed by atoms with Crippen LogP contribution in [0, 0.1) is 6.92 Å². The molecule has 5 nitrogen and oxygen atoms in total. The number of hydrogen-bond donors (Lipinski definition) is 1. The summed E-state index contributed by atoms with van der Waals surface area (Å²) in [5, 5.41) is 10.7. The van der Waals surface area contributed by atoms with Gasteiger partial charge in [0.2, 0.25) is 0 Å². The normalized spacial score (nSPS) is 11.3. The van der Waals surface area contributed by atoms with Gasteiger partial charge in [-0.05, 0) is 43.8 Å². The van der Waals surface area contributed by atoms with Crippen LogP contribution in [0.1, 0.15) is 17.0 Å². The molecule has 3 rings (SSSR count). The predicted molar refractivity (Wildman–Crippen MR) is 94.5 cm³/mol. The van der Waals surface area contributed by atoms with E-state index in [0.717, 1.165) is 11.3 Å². The molecular weight excluding hydrogens is 326 g/mol. The van der Waals surface area contributed by atoms with Crippen molar-refractivity contribution < 1.29 is 5.11 Å². The van der Waals surface area contributed by atoms with Crippen molar-refractivity contribution in [2.45, 2.75) is 20.0 Å². The van der Waals surface area contributed by atoms with E-state index in [1.54, 1.807) is 19.1 Å². The summed E-state index contributed by atoms with van der Waals surface area (Å²) in [5.41, 5.74) is 2.53. The highest BCUT2D eigenvalue weighted by Crippen LogP contribution is 2.17. The summed E-state index contributed by atoms with van der Waals surface area (Å²) >= 11 is 6.00. The smallest absolute Gasteiger partial charge is 0.258 e. The molecule has 0 atom stereocenters. The Labute approximate surface area is 144 Å². The summed E-state index contributed by atoms with van der Waals surface area (Å²) < 4.78 is 1.41. The van der Waals surface area contributed by atoms with Gasteiger partial charge in [-0.3, -0.25) is 14.1 Å². The first-order valence-electron chi connectivity index (χ1n) is 7.58. The first-order valence-corrected chi connectivity index (χ1v) is 7.96. The fraction of sp³-hybridized carbons (Fsp3) is 0.222. The Morgan fingerprint density at radius 2 is 2.00 bits per heavy atom. The van der Waals surface area contributed by atoms with Crippen molar-refractivity contribution in [2.75, 3.05) is 7.05 Å². The van der Waals surface area contributed by atoms with Crippen LogP contribution in [-0.2, 0) is 13.1 Å². The van der Waals surface area contributed by atoms with Gasteiger partial charge in [0.25, 0.3) is 5.56 Å². The number of benzene rings is 1. The lowest BCUT2D eigenvalue weighted by molar-refractivity contribution is 0.315. The lowest BCUT2D eigenvalue weighted by atomic mass is 10.2. The summed E-state index contributed by atoms with van der Waals surface area (Å²) in [6, 6.07) is 12.4. The molecule has 0 fully saturated rings. The van der Waals surface area contributed by atoms with Gasteiger partial charge in [0.05, 0.1) is 5.69 Å². The molecular formula is C18H18ClN3O2. The highest BCUT2D eigenvalue weighted by atomic mass is 35.5. The Morgan fingerprint density at radius 1 is 1.21 bits per heavy atom. The largest absolute Gasteiger partial charge is 0.504 e. The molecule has 0 spiro atoms. The van der Waals surface area contributed by atoms with E-state index in [4.69, 9.17) is 11.6 Å². The van der Waals surface area contributed by atoms with Gasteiger partial charge in [0.1, 0.15) is 0 Å². The standard InChI is InChI=1S/C18H18ClN3O2/c1-12-6-7-16(23)18-20-15(9-17(24)22(12)18)11-21(2)10-13-4-3-5-14(19)8-13/h3-9,23H,10-11H2,1-2H3. The SMILES string of the molecule is Cc1ccc(O)c2nc(CN(C)Cc3cccc(Cl)c3)cc(=O)n12. The summed E-state index contributed by atoms with van der Waals surface area (Å²) in [5.74, 6) is -0.00274. The molecule has 0 radical (unpaired) electrons. The van der Waals surface area contributed by atoms with Crippen LogP contribution in [0.4, 0.5) is 0 Å². The molecule has 2 aromatic heterocycles. The molecule has 0 unspecified atom stereocenters. The fourth-order valence-electron chi connectivity index (χ4n) is 2.75. The average molecular weight is 344 g/mol. The van der Waals surface area contributed by atoms with E-state index in [9.17, 15) is 9.90 Å². The Hall–Kier alpha value is -2.37. The fourth-order valence-corrected chi connectivity index (χ4v) is 2.96. The molecule has 1 aromatic carbocycles. The van der Waals surface area contributed by atoms with Gasteiger partial charge in [-0.15, -0.1) is 0 Å². The number of hydrogen-bond acceptors (Lipinski definition) is 4. The van der Waals surface area contributed by atoms with Crippen molar-refractivity contribution in [3.8, 4) is 5.75 Å². The first-order chi connectivity index (χ1) is 11.4. The minimum atomic E-state index is -0.195. The zero-order chi connectivity index (χ0) is 17.3. The molecule has 0 bridgehead atoms. The number of aromatic hydroxyl groups is 1. The van der Waals surface area contributed by atoms with Crippen LogP contribution in [0.25, 0.3) is 5.65 Å². The Morgan fingerprint density at radius 3 is 2.75 bits per heavy atom. The number of fused-ring (bicyclic) bond motifs is 1. The lowest BCUT2D eigenvalue weighted by Gasteiger charge is -2.17. The number of aryl methyl sites for hydroxylation is 1. The second-order valence-corrected chi connectivity index (χ2v) is 6.34. The average Bonchev–Trinajstić information content (AvgIpc) is 2.50. The van der Waals surface area contributed by atoms with Crippen molar-refractivity contribution in [1.82, 2.24) is 14.3 Å². The summed E-state index contributed by atoms with van der Waals surface area (Å²) in [6.45, 7) is 2.98.